The third-order valence-electron chi connectivity index (χ3n) is 5.89. The van der Waals surface area contributed by atoms with Crippen LogP contribution in [0.3, 0.4) is 0 Å². The summed E-state index contributed by atoms with van der Waals surface area (Å²) < 4.78 is 5.03. The lowest BCUT2D eigenvalue weighted by Gasteiger charge is -2.50. The first-order valence-corrected chi connectivity index (χ1v) is 7.83. The minimum Gasteiger partial charge on any atom is -0.463 e. The van der Waals surface area contributed by atoms with Crippen LogP contribution in [0.2, 0.25) is 0 Å². The maximum absolute atomic E-state index is 12.4. The molecule has 0 aromatic carbocycles. The van der Waals surface area contributed by atoms with Crippen LogP contribution in [0.5, 0.6) is 0 Å². The highest BCUT2D eigenvalue weighted by Crippen LogP contribution is 2.63. The van der Waals surface area contributed by atoms with Gasteiger partial charge in [-0.25, -0.2) is 4.79 Å². The Morgan fingerprint density at radius 2 is 1.95 bits per heavy atom. The smallest absolute Gasteiger partial charge is 0.333 e. The van der Waals surface area contributed by atoms with E-state index in [4.69, 9.17) is 4.74 Å². The van der Waals surface area contributed by atoms with Crippen molar-refractivity contribution in [2.45, 2.75) is 59.0 Å². The second-order valence-corrected chi connectivity index (χ2v) is 6.83. The predicted molar refractivity (Wildman–Crippen MR) is 79.6 cm³/mol. The van der Waals surface area contributed by atoms with Gasteiger partial charge in [0.15, 0.2) is 0 Å². The van der Waals surface area contributed by atoms with Gasteiger partial charge in [0.2, 0.25) is 0 Å². The molecule has 0 aromatic heterocycles. The zero-order valence-electron chi connectivity index (χ0n) is 13.3. The third-order valence-corrected chi connectivity index (χ3v) is 5.89. The number of hydrogen-bond donors (Lipinski definition) is 1. The van der Waals surface area contributed by atoms with Crippen molar-refractivity contribution in [1.82, 2.24) is 0 Å². The molecule has 0 unspecified atom stereocenters. The number of carbonyl (C=O) groups excluding carboxylic acids is 2. The summed E-state index contributed by atoms with van der Waals surface area (Å²) in [6, 6.07) is 0. The van der Waals surface area contributed by atoms with Crippen LogP contribution in [0, 0.1) is 16.7 Å². The number of fused-ring (bicyclic) bond motifs is 1. The van der Waals surface area contributed by atoms with Gasteiger partial charge in [-0.05, 0) is 57.3 Å². The van der Waals surface area contributed by atoms with E-state index in [2.05, 4.69) is 13.5 Å². The van der Waals surface area contributed by atoms with E-state index in [0.29, 0.717) is 25.0 Å². The van der Waals surface area contributed by atoms with E-state index in [0.717, 1.165) is 19.3 Å². The van der Waals surface area contributed by atoms with Gasteiger partial charge in [-0.15, -0.1) is 0 Å². The van der Waals surface area contributed by atoms with Crippen LogP contribution in [-0.4, -0.2) is 29.6 Å². The molecule has 0 spiro atoms. The average molecular weight is 294 g/mol. The van der Waals surface area contributed by atoms with E-state index in [1.807, 2.05) is 0 Å². The first-order chi connectivity index (χ1) is 9.78. The number of esters is 1. The van der Waals surface area contributed by atoms with E-state index in [-0.39, 0.29) is 23.1 Å². The largest absolute Gasteiger partial charge is 0.463 e. The predicted octanol–water partition coefficient (Wildman–Crippen LogP) is 2.64. The molecule has 0 saturated heterocycles. The number of rotatable bonds is 4. The number of hydrogen-bond acceptors (Lipinski definition) is 4. The molecule has 21 heavy (non-hydrogen) atoms. The Labute approximate surface area is 126 Å². The topological polar surface area (TPSA) is 63.6 Å². The Morgan fingerprint density at radius 3 is 2.52 bits per heavy atom. The molecule has 2 aliphatic rings. The Kier molecular flexibility index (Phi) is 4.29. The first-order valence-electron chi connectivity index (χ1n) is 7.83. The molecule has 0 radical (unpaired) electrons. The Hall–Kier alpha value is -1.16. The first kappa shape index (κ1) is 16.2. The third kappa shape index (κ3) is 2.33. The summed E-state index contributed by atoms with van der Waals surface area (Å²) in [5.41, 5.74) is -0.451. The van der Waals surface area contributed by atoms with Gasteiger partial charge in [0.1, 0.15) is 5.78 Å². The van der Waals surface area contributed by atoms with Crippen molar-refractivity contribution in [3.05, 3.63) is 12.2 Å². The van der Waals surface area contributed by atoms with E-state index in [1.165, 1.54) is 0 Å². The molecule has 2 aliphatic carbocycles. The van der Waals surface area contributed by atoms with Gasteiger partial charge in [-0.1, -0.05) is 13.5 Å². The van der Waals surface area contributed by atoms with Crippen LogP contribution < -0.4 is 0 Å². The summed E-state index contributed by atoms with van der Waals surface area (Å²) in [6.07, 6.45) is 3.10. The fraction of sp³-hybridized carbons (Fsp3) is 0.765. The highest BCUT2D eigenvalue weighted by molar-refractivity contribution is 5.89. The van der Waals surface area contributed by atoms with Gasteiger partial charge in [0, 0.05) is 5.57 Å². The van der Waals surface area contributed by atoms with E-state index in [9.17, 15) is 14.7 Å². The van der Waals surface area contributed by atoms with Crippen molar-refractivity contribution < 1.29 is 19.4 Å². The number of carbonyl (C=O) groups is 2. The van der Waals surface area contributed by atoms with Crippen molar-refractivity contribution in [2.24, 2.45) is 16.7 Å². The van der Waals surface area contributed by atoms with Crippen LogP contribution in [0.25, 0.3) is 0 Å². The average Bonchev–Trinajstić information content (AvgIpc) is 2.71. The maximum Gasteiger partial charge on any atom is 0.333 e. The number of Topliss-reactive ketones (excluding diaryl/α,β-unsaturated/α-hetero) is 1. The minimum absolute atomic E-state index is 0.0383. The van der Waals surface area contributed by atoms with E-state index >= 15 is 0 Å². The normalized spacial score (nSPS) is 38.7. The molecule has 2 saturated carbocycles. The number of aliphatic hydroxyl groups is 1. The lowest BCUT2D eigenvalue weighted by atomic mass is 9.53. The molecule has 0 amide bonds. The Balaban J connectivity index is 2.27. The van der Waals surface area contributed by atoms with Crippen molar-refractivity contribution in [2.75, 3.05) is 6.61 Å². The number of ether oxygens (including phenoxy) is 1. The molecule has 0 heterocycles. The summed E-state index contributed by atoms with van der Waals surface area (Å²) in [7, 11) is 0. The zero-order valence-corrected chi connectivity index (χ0v) is 13.3. The Bertz CT molecular complexity index is 469. The summed E-state index contributed by atoms with van der Waals surface area (Å²) in [4.78, 5) is 24.3. The van der Waals surface area contributed by atoms with Crippen molar-refractivity contribution in [3.63, 3.8) is 0 Å². The molecule has 118 valence electrons. The molecule has 4 heteroatoms. The fourth-order valence-electron chi connectivity index (χ4n) is 4.53. The molecule has 2 rings (SSSR count). The van der Waals surface area contributed by atoms with Crippen molar-refractivity contribution in [3.8, 4) is 0 Å². The van der Waals surface area contributed by atoms with E-state index in [1.54, 1.807) is 13.8 Å². The zero-order chi connectivity index (χ0) is 15.8. The highest BCUT2D eigenvalue weighted by Gasteiger charge is 2.62. The van der Waals surface area contributed by atoms with Gasteiger partial charge < -0.3 is 9.84 Å². The summed E-state index contributed by atoms with van der Waals surface area (Å²) in [5, 5.41) is 10.5. The highest BCUT2D eigenvalue weighted by atomic mass is 16.5. The summed E-state index contributed by atoms with van der Waals surface area (Å²) in [5.74, 6) is -0.414. The van der Waals surface area contributed by atoms with E-state index < -0.39 is 11.5 Å². The number of ketones is 1. The molecular weight excluding hydrogens is 268 g/mol. The van der Waals surface area contributed by atoms with Crippen LogP contribution in [0.1, 0.15) is 52.9 Å². The molecule has 4 nitrogen and oxygen atoms in total. The molecule has 2 fully saturated rings. The molecule has 4 atom stereocenters. The van der Waals surface area contributed by atoms with Crippen LogP contribution in [-0.2, 0) is 14.3 Å². The molecule has 1 N–H and O–H groups in total. The number of aliphatic hydroxyl groups excluding tert-OH is 1. The van der Waals surface area contributed by atoms with Crippen LogP contribution in [0.15, 0.2) is 12.2 Å². The second-order valence-electron chi connectivity index (χ2n) is 6.83. The molecule has 0 aromatic rings. The summed E-state index contributed by atoms with van der Waals surface area (Å²) >= 11 is 0. The van der Waals surface area contributed by atoms with Gasteiger partial charge in [0.25, 0.3) is 0 Å². The Morgan fingerprint density at radius 1 is 1.33 bits per heavy atom. The molecule has 0 aliphatic heterocycles. The second kappa shape index (κ2) is 5.56. The monoisotopic (exact) mass is 294 g/mol. The fourth-order valence-corrected chi connectivity index (χ4v) is 4.53. The lowest BCUT2D eigenvalue weighted by Crippen LogP contribution is -2.52. The van der Waals surface area contributed by atoms with Gasteiger partial charge in [0.05, 0.1) is 18.1 Å². The van der Waals surface area contributed by atoms with Gasteiger partial charge >= 0.3 is 5.97 Å². The lowest BCUT2D eigenvalue weighted by molar-refractivity contribution is -0.149. The van der Waals surface area contributed by atoms with Crippen LogP contribution in [0.4, 0.5) is 0 Å². The quantitative estimate of drug-likeness (QED) is 0.639. The van der Waals surface area contributed by atoms with Gasteiger partial charge in [-0.3, -0.25) is 4.79 Å². The summed E-state index contributed by atoms with van der Waals surface area (Å²) in [6.45, 7) is 9.65. The SMILES string of the molecule is C=C(C(=O)OCC)[C@@H]1CC[C@@]2(C)CC[C@H](O)[C@@]2(C(C)=O)C1. The maximum atomic E-state index is 12.4. The van der Waals surface area contributed by atoms with Crippen molar-refractivity contribution in [1.29, 1.82) is 0 Å². The van der Waals surface area contributed by atoms with Crippen molar-refractivity contribution >= 4 is 11.8 Å². The van der Waals surface area contributed by atoms with Gasteiger partial charge in [-0.2, -0.15) is 0 Å². The molecule has 0 bridgehead atoms. The standard InChI is InChI=1S/C17H26O4/c1-5-21-15(20)11(2)13-6-8-16(4)9-7-14(19)17(16,10-13)12(3)18/h13-14,19H,2,5-10H2,1,3-4H3/t13-,14+,16+,17+/m1/s1. The minimum atomic E-state index is -0.731. The van der Waals surface area contributed by atoms with Crippen LogP contribution >= 0.6 is 0 Å². The molecular formula is C17H26O4.